The van der Waals surface area contributed by atoms with E-state index in [-0.39, 0.29) is 47.5 Å². The van der Waals surface area contributed by atoms with Gasteiger partial charge in [-0.2, -0.15) is 0 Å². The zero-order valence-corrected chi connectivity index (χ0v) is 16.5. The topological polar surface area (TPSA) is 77.4 Å². The second kappa shape index (κ2) is 16.9. The average molecular weight is 328 g/mol. The summed E-state index contributed by atoms with van der Waals surface area (Å²) in [7, 11) is -1.25. The molecule has 0 aromatic rings. The van der Waals surface area contributed by atoms with E-state index in [4.69, 9.17) is 0 Å². The molecule has 0 spiro atoms. The first-order valence-electron chi connectivity index (χ1n) is 7.79. The number of aliphatic hydroxyl groups is 1. The van der Waals surface area contributed by atoms with Crippen LogP contribution < -0.4 is 34.7 Å². The van der Waals surface area contributed by atoms with Crippen molar-refractivity contribution in [1.29, 1.82) is 0 Å². The molecule has 21 heavy (non-hydrogen) atoms. The normalized spacial score (nSPS) is 13.4. The van der Waals surface area contributed by atoms with E-state index in [0.29, 0.717) is 6.42 Å². The summed E-state index contributed by atoms with van der Waals surface area (Å²) in [5.74, 6) is -0.920. The molecule has 0 aromatic carbocycles. The molecule has 0 rings (SSSR count). The van der Waals surface area contributed by atoms with Gasteiger partial charge >= 0.3 is 29.6 Å². The van der Waals surface area contributed by atoms with Gasteiger partial charge in [0, 0.05) is 28.3 Å². The van der Waals surface area contributed by atoms with Crippen molar-refractivity contribution in [3.05, 3.63) is 0 Å². The Morgan fingerprint density at radius 1 is 1.10 bits per heavy atom. The summed E-state index contributed by atoms with van der Waals surface area (Å²) in [5.41, 5.74) is 0. The van der Waals surface area contributed by atoms with E-state index in [2.05, 4.69) is 6.92 Å². The van der Waals surface area contributed by atoms with E-state index < -0.39 is 22.9 Å². The maximum absolute atomic E-state index is 11.5. The number of rotatable bonds is 14. The molecule has 2 atom stereocenters. The van der Waals surface area contributed by atoms with Crippen LogP contribution in [0, 0.1) is 0 Å². The number of carbonyl (C=O) groups excluding carboxylic acids is 1. The standard InChI is InChI=1S/C15H30O4S.Na/c1-2-3-4-5-6-7-8-9-10-14(16)13-20(19)12-11-15(17)18;/h14,16H,2-13H2,1H3,(H,17,18);/q;+1/p-1. The number of carbonyl (C=O) groups is 1. The van der Waals surface area contributed by atoms with Gasteiger partial charge in [-0.25, -0.2) is 0 Å². The van der Waals surface area contributed by atoms with Gasteiger partial charge in [0.1, 0.15) is 0 Å². The molecule has 0 fully saturated rings. The van der Waals surface area contributed by atoms with Crippen molar-refractivity contribution in [2.45, 2.75) is 77.2 Å². The van der Waals surface area contributed by atoms with Gasteiger partial charge in [0.05, 0.1) is 6.10 Å². The molecule has 0 radical (unpaired) electrons. The molecule has 0 aliphatic heterocycles. The van der Waals surface area contributed by atoms with Crippen LogP contribution in [0.2, 0.25) is 0 Å². The smallest absolute Gasteiger partial charge is 0.550 e. The molecule has 0 saturated carbocycles. The molecule has 0 bridgehead atoms. The summed E-state index contributed by atoms with van der Waals surface area (Å²) in [6.45, 7) is 2.21. The molecule has 0 saturated heterocycles. The second-order valence-electron chi connectivity index (χ2n) is 5.35. The molecule has 0 aromatic heterocycles. The molecule has 0 heterocycles. The first-order chi connectivity index (χ1) is 9.56. The molecule has 2 unspecified atom stereocenters. The molecule has 0 amide bonds. The fraction of sp³-hybridized carbons (Fsp3) is 0.933. The third-order valence-corrected chi connectivity index (χ3v) is 4.72. The second-order valence-corrected chi connectivity index (χ2v) is 6.97. The number of hydrogen-bond acceptors (Lipinski definition) is 4. The Hall–Kier alpha value is 0.580. The van der Waals surface area contributed by atoms with Crippen LogP contribution in [-0.4, -0.2) is 32.9 Å². The monoisotopic (exact) mass is 328 g/mol. The molecule has 0 aliphatic rings. The van der Waals surface area contributed by atoms with Crippen LogP contribution in [0.5, 0.6) is 0 Å². The maximum atomic E-state index is 11.5. The van der Waals surface area contributed by atoms with Crippen molar-refractivity contribution >= 4 is 16.8 Å². The Morgan fingerprint density at radius 3 is 2.14 bits per heavy atom. The first kappa shape index (κ1) is 23.8. The minimum Gasteiger partial charge on any atom is -0.550 e. The van der Waals surface area contributed by atoms with Crippen LogP contribution in [0.3, 0.4) is 0 Å². The molecule has 6 heteroatoms. The zero-order valence-electron chi connectivity index (χ0n) is 13.6. The van der Waals surface area contributed by atoms with E-state index in [0.717, 1.165) is 12.8 Å². The number of carboxylic acid groups (broad SMARTS) is 1. The summed E-state index contributed by atoms with van der Waals surface area (Å²) >= 11 is 0. The summed E-state index contributed by atoms with van der Waals surface area (Å²) in [6, 6.07) is 0. The predicted molar refractivity (Wildman–Crippen MR) is 80.7 cm³/mol. The van der Waals surface area contributed by atoms with Gasteiger partial charge in [-0.3, -0.25) is 4.21 Å². The van der Waals surface area contributed by atoms with Crippen molar-refractivity contribution in [1.82, 2.24) is 0 Å². The summed E-state index contributed by atoms with van der Waals surface area (Å²) in [6.07, 6.45) is 9.60. The predicted octanol–water partition coefficient (Wildman–Crippen LogP) is -1.23. The van der Waals surface area contributed by atoms with Crippen LogP contribution in [0.25, 0.3) is 0 Å². The fourth-order valence-corrected chi connectivity index (χ4v) is 3.25. The van der Waals surface area contributed by atoms with Crippen molar-refractivity contribution in [2.24, 2.45) is 0 Å². The van der Waals surface area contributed by atoms with Crippen LogP contribution in [0.1, 0.15) is 71.1 Å². The Bertz CT molecular complexity index is 274. The van der Waals surface area contributed by atoms with E-state index in [1.165, 1.54) is 38.5 Å². The number of carboxylic acids is 1. The number of unbranched alkanes of at least 4 members (excludes halogenated alkanes) is 7. The largest absolute Gasteiger partial charge is 1.00 e. The van der Waals surface area contributed by atoms with Gasteiger partial charge in [-0.05, 0) is 12.8 Å². The van der Waals surface area contributed by atoms with Gasteiger partial charge in [-0.15, -0.1) is 0 Å². The van der Waals surface area contributed by atoms with Gasteiger partial charge in [0.25, 0.3) is 0 Å². The molecule has 1 N–H and O–H groups in total. The number of aliphatic hydroxyl groups excluding tert-OH is 1. The van der Waals surface area contributed by atoms with Gasteiger partial charge < -0.3 is 15.0 Å². The molecular formula is C15H29NaO4S. The number of hydrogen-bond donors (Lipinski definition) is 1. The summed E-state index contributed by atoms with van der Waals surface area (Å²) in [5, 5.41) is 19.9. The van der Waals surface area contributed by atoms with E-state index in [9.17, 15) is 19.2 Å². The quantitative estimate of drug-likeness (QED) is 0.320. The van der Waals surface area contributed by atoms with E-state index in [1.54, 1.807) is 0 Å². The Kier molecular flexibility index (Phi) is 19.2. The molecule has 0 aliphatic carbocycles. The van der Waals surface area contributed by atoms with Crippen molar-refractivity contribution < 1.29 is 48.8 Å². The van der Waals surface area contributed by atoms with Crippen LogP contribution in [-0.2, 0) is 15.6 Å². The Balaban J connectivity index is 0. The number of aliphatic carboxylic acids is 1. The zero-order chi connectivity index (χ0) is 15.2. The van der Waals surface area contributed by atoms with Gasteiger partial charge in [-0.1, -0.05) is 58.3 Å². The third kappa shape index (κ3) is 18.5. The summed E-state index contributed by atoms with van der Waals surface area (Å²) < 4.78 is 11.5. The maximum Gasteiger partial charge on any atom is 1.00 e. The van der Waals surface area contributed by atoms with E-state index in [1.807, 2.05) is 0 Å². The Labute approximate surface area is 153 Å². The van der Waals surface area contributed by atoms with Crippen LogP contribution in [0.15, 0.2) is 0 Å². The Morgan fingerprint density at radius 2 is 1.62 bits per heavy atom. The third-order valence-electron chi connectivity index (χ3n) is 3.30. The molecule has 4 nitrogen and oxygen atoms in total. The van der Waals surface area contributed by atoms with Crippen LogP contribution in [0.4, 0.5) is 0 Å². The minimum absolute atomic E-state index is 0. The van der Waals surface area contributed by atoms with Gasteiger partial charge in [0.2, 0.25) is 0 Å². The average Bonchev–Trinajstić information content (AvgIpc) is 2.39. The molecular weight excluding hydrogens is 299 g/mol. The first-order valence-corrected chi connectivity index (χ1v) is 9.28. The molecule has 120 valence electrons. The SMILES string of the molecule is CCCCCCCCCCC(O)CS(=O)CCC(=O)[O-].[Na+]. The van der Waals surface area contributed by atoms with Crippen molar-refractivity contribution in [3.8, 4) is 0 Å². The van der Waals surface area contributed by atoms with Gasteiger partial charge in [0.15, 0.2) is 0 Å². The van der Waals surface area contributed by atoms with Crippen LogP contribution >= 0.6 is 0 Å². The fourth-order valence-electron chi connectivity index (χ4n) is 2.09. The van der Waals surface area contributed by atoms with Crippen molar-refractivity contribution in [3.63, 3.8) is 0 Å². The van der Waals surface area contributed by atoms with E-state index >= 15 is 0 Å². The summed E-state index contributed by atoms with van der Waals surface area (Å²) in [4.78, 5) is 10.2. The van der Waals surface area contributed by atoms with Crippen molar-refractivity contribution in [2.75, 3.05) is 11.5 Å². The minimum atomic E-state index is -1.25.